The molecule has 0 spiro atoms. The summed E-state index contributed by atoms with van der Waals surface area (Å²) in [7, 11) is 2.12. The van der Waals surface area contributed by atoms with E-state index < -0.39 is 0 Å². The van der Waals surface area contributed by atoms with Gasteiger partial charge in [-0.1, -0.05) is 0 Å². The smallest absolute Gasteiger partial charge is 0.128 e. The minimum Gasteiger partial charge on any atom is -0.357 e. The van der Waals surface area contributed by atoms with E-state index in [-0.39, 0.29) is 0 Å². The van der Waals surface area contributed by atoms with Gasteiger partial charge in [0.25, 0.3) is 0 Å². The second-order valence-corrected chi connectivity index (χ2v) is 4.12. The lowest BCUT2D eigenvalue weighted by Crippen LogP contribution is -2.37. The van der Waals surface area contributed by atoms with E-state index in [0.29, 0.717) is 11.9 Å². The molecular formula is C11H15ClN2. The highest BCUT2D eigenvalue weighted by Gasteiger charge is 2.22. The Kier molecular flexibility index (Phi) is 2.92. The minimum atomic E-state index is 0.564. The van der Waals surface area contributed by atoms with E-state index >= 15 is 0 Å². The molecule has 1 aliphatic carbocycles. The summed E-state index contributed by atoms with van der Waals surface area (Å²) >= 11 is 5.78. The van der Waals surface area contributed by atoms with Crippen LogP contribution >= 0.6 is 11.6 Å². The van der Waals surface area contributed by atoms with Crippen molar-refractivity contribution in [3.63, 3.8) is 0 Å². The maximum absolute atomic E-state index is 5.78. The zero-order valence-electron chi connectivity index (χ0n) is 8.41. The highest BCUT2D eigenvalue weighted by Crippen LogP contribution is 2.27. The Bertz CT molecular complexity index is 310. The van der Waals surface area contributed by atoms with E-state index in [1.54, 1.807) is 0 Å². The molecule has 0 unspecified atom stereocenters. The van der Waals surface area contributed by atoms with Crippen molar-refractivity contribution >= 4 is 17.4 Å². The maximum Gasteiger partial charge on any atom is 0.128 e. The Morgan fingerprint density at radius 2 is 2.36 bits per heavy atom. The van der Waals surface area contributed by atoms with E-state index in [1.165, 1.54) is 19.3 Å². The molecule has 0 N–H and O–H groups in total. The number of rotatable bonds is 3. The third-order valence-corrected chi connectivity index (χ3v) is 3.26. The van der Waals surface area contributed by atoms with E-state index in [1.807, 2.05) is 12.3 Å². The lowest BCUT2D eigenvalue weighted by molar-refractivity contribution is 0.399. The molecule has 76 valence electrons. The van der Waals surface area contributed by atoms with Crippen molar-refractivity contribution in [1.29, 1.82) is 0 Å². The van der Waals surface area contributed by atoms with Gasteiger partial charge in [-0.2, -0.15) is 0 Å². The molecule has 0 aromatic carbocycles. The first-order valence-corrected chi connectivity index (χ1v) is 5.58. The van der Waals surface area contributed by atoms with Crippen LogP contribution in [0.5, 0.6) is 0 Å². The lowest BCUT2D eigenvalue weighted by atomic mass is 9.92. The highest BCUT2D eigenvalue weighted by atomic mass is 35.5. The molecule has 0 radical (unpaired) electrons. The van der Waals surface area contributed by atoms with Crippen molar-refractivity contribution in [2.75, 3.05) is 11.9 Å². The molecule has 1 fully saturated rings. The van der Waals surface area contributed by atoms with Crippen LogP contribution in [0.1, 0.15) is 24.8 Å². The number of aromatic nitrogens is 1. The summed E-state index contributed by atoms with van der Waals surface area (Å²) in [5.41, 5.74) is 1.14. The maximum atomic E-state index is 5.78. The SMILES string of the molecule is CN(c1cc(CCl)ccn1)C1CCC1. The second kappa shape index (κ2) is 4.18. The zero-order valence-corrected chi connectivity index (χ0v) is 9.17. The molecule has 0 atom stereocenters. The van der Waals surface area contributed by atoms with Gasteiger partial charge in [-0.05, 0) is 37.0 Å². The molecular weight excluding hydrogens is 196 g/mol. The van der Waals surface area contributed by atoms with Gasteiger partial charge in [0.1, 0.15) is 5.82 Å². The molecule has 2 rings (SSSR count). The van der Waals surface area contributed by atoms with Gasteiger partial charge in [0.05, 0.1) is 0 Å². The summed E-state index contributed by atoms with van der Waals surface area (Å²) in [5, 5.41) is 0. The predicted molar refractivity (Wildman–Crippen MR) is 59.8 cm³/mol. The average molecular weight is 211 g/mol. The summed E-state index contributed by atoms with van der Waals surface area (Å²) in [4.78, 5) is 6.62. The quantitative estimate of drug-likeness (QED) is 0.714. The molecule has 1 aromatic heterocycles. The third kappa shape index (κ3) is 1.85. The lowest BCUT2D eigenvalue weighted by Gasteiger charge is -2.35. The molecule has 2 nitrogen and oxygen atoms in total. The van der Waals surface area contributed by atoms with E-state index in [0.717, 1.165) is 11.4 Å². The molecule has 14 heavy (non-hydrogen) atoms. The second-order valence-electron chi connectivity index (χ2n) is 3.85. The molecule has 0 bridgehead atoms. The Morgan fingerprint density at radius 3 is 2.93 bits per heavy atom. The first-order chi connectivity index (χ1) is 6.81. The Balaban J connectivity index is 2.13. The fraction of sp³-hybridized carbons (Fsp3) is 0.545. The molecule has 1 saturated carbocycles. The number of alkyl halides is 1. The first kappa shape index (κ1) is 9.78. The van der Waals surface area contributed by atoms with Gasteiger partial charge in [0, 0.05) is 25.2 Å². The Hall–Kier alpha value is -0.760. The highest BCUT2D eigenvalue weighted by molar-refractivity contribution is 6.17. The van der Waals surface area contributed by atoms with Crippen LogP contribution in [-0.2, 0) is 5.88 Å². The van der Waals surface area contributed by atoms with Crippen LogP contribution < -0.4 is 4.90 Å². The molecule has 1 aromatic rings. The first-order valence-electron chi connectivity index (χ1n) is 5.05. The fourth-order valence-corrected chi connectivity index (χ4v) is 1.86. The van der Waals surface area contributed by atoms with E-state index in [4.69, 9.17) is 11.6 Å². The van der Waals surface area contributed by atoms with Crippen molar-refractivity contribution in [3.8, 4) is 0 Å². The summed E-state index contributed by atoms with van der Waals surface area (Å²) < 4.78 is 0. The number of nitrogens with zero attached hydrogens (tertiary/aromatic N) is 2. The van der Waals surface area contributed by atoms with Crippen molar-refractivity contribution in [3.05, 3.63) is 23.9 Å². The Morgan fingerprint density at radius 1 is 1.57 bits per heavy atom. The van der Waals surface area contributed by atoms with Crippen molar-refractivity contribution in [2.45, 2.75) is 31.2 Å². The number of hydrogen-bond acceptors (Lipinski definition) is 2. The van der Waals surface area contributed by atoms with Crippen LogP contribution in [0.25, 0.3) is 0 Å². The average Bonchev–Trinajstić information content (AvgIpc) is 2.15. The van der Waals surface area contributed by atoms with Crippen LogP contribution in [0.15, 0.2) is 18.3 Å². The summed E-state index contributed by atoms with van der Waals surface area (Å²) in [6.07, 6.45) is 5.78. The third-order valence-electron chi connectivity index (χ3n) is 2.95. The van der Waals surface area contributed by atoms with E-state index in [9.17, 15) is 0 Å². The molecule has 0 amide bonds. The predicted octanol–water partition coefficient (Wildman–Crippen LogP) is 2.81. The minimum absolute atomic E-state index is 0.564. The van der Waals surface area contributed by atoms with Crippen LogP contribution in [-0.4, -0.2) is 18.1 Å². The summed E-state index contributed by atoms with van der Waals surface area (Å²) in [6, 6.07) is 4.73. The largest absolute Gasteiger partial charge is 0.357 e. The zero-order chi connectivity index (χ0) is 9.97. The number of halogens is 1. The monoisotopic (exact) mass is 210 g/mol. The van der Waals surface area contributed by atoms with Gasteiger partial charge >= 0.3 is 0 Å². The Labute approximate surface area is 89.9 Å². The van der Waals surface area contributed by atoms with Crippen molar-refractivity contribution < 1.29 is 0 Å². The van der Waals surface area contributed by atoms with Crippen LogP contribution in [0.2, 0.25) is 0 Å². The molecule has 0 saturated heterocycles. The molecule has 1 aliphatic rings. The van der Waals surface area contributed by atoms with Crippen LogP contribution in [0.3, 0.4) is 0 Å². The van der Waals surface area contributed by atoms with Crippen molar-refractivity contribution in [1.82, 2.24) is 4.98 Å². The van der Waals surface area contributed by atoms with Gasteiger partial charge in [0.2, 0.25) is 0 Å². The van der Waals surface area contributed by atoms with Gasteiger partial charge < -0.3 is 4.90 Å². The van der Waals surface area contributed by atoms with Gasteiger partial charge in [0.15, 0.2) is 0 Å². The molecule has 0 aliphatic heterocycles. The van der Waals surface area contributed by atoms with Gasteiger partial charge in [-0.15, -0.1) is 11.6 Å². The standard InChI is InChI=1S/C11H15ClN2/c1-14(10-3-2-4-10)11-7-9(8-12)5-6-13-11/h5-7,10H,2-4,8H2,1H3. The normalized spacial score (nSPS) is 16.4. The number of pyridine rings is 1. The summed E-state index contributed by atoms with van der Waals surface area (Å²) in [6.45, 7) is 0. The summed E-state index contributed by atoms with van der Waals surface area (Å²) in [5.74, 6) is 1.61. The fourth-order valence-electron chi connectivity index (χ4n) is 1.70. The van der Waals surface area contributed by atoms with Gasteiger partial charge in [-0.25, -0.2) is 4.98 Å². The van der Waals surface area contributed by atoms with E-state index in [2.05, 4.69) is 23.0 Å². The number of hydrogen-bond donors (Lipinski definition) is 0. The molecule has 3 heteroatoms. The van der Waals surface area contributed by atoms with Crippen LogP contribution in [0, 0.1) is 0 Å². The van der Waals surface area contributed by atoms with Crippen molar-refractivity contribution in [2.24, 2.45) is 0 Å². The molecule has 1 heterocycles. The van der Waals surface area contributed by atoms with Gasteiger partial charge in [-0.3, -0.25) is 0 Å². The van der Waals surface area contributed by atoms with Crippen LogP contribution in [0.4, 0.5) is 5.82 Å². The topological polar surface area (TPSA) is 16.1 Å². The number of anilines is 1.